The molecule has 112 valence electrons. The van der Waals surface area contributed by atoms with Crippen molar-refractivity contribution >= 4 is 16.7 Å². The normalized spacial score (nSPS) is 26.0. The van der Waals surface area contributed by atoms with E-state index in [9.17, 15) is 0 Å². The summed E-state index contributed by atoms with van der Waals surface area (Å²) in [5.74, 6) is 1.73. The number of fused-ring (bicyclic) bond motifs is 1. The average Bonchev–Trinajstić information content (AvgIpc) is 2.48. The summed E-state index contributed by atoms with van der Waals surface area (Å²) in [7, 11) is 0. The zero-order valence-corrected chi connectivity index (χ0v) is 13.0. The van der Waals surface area contributed by atoms with E-state index in [1.807, 2.05) is 6.07 Å². The lowest BCUT2D eigenvalue weighted by molar-refractivity contribution is 0.263. The molecule has 2 unspecified atom stereocenters. The molecule has 1 aromatic carbocycles. The predicted molar refractivity (Wildman–Crippen MR) is 89.5 cm³/mol. The van der Waals surface area contributed by atoms with Gasteiger partial charge in [0.05, 0.1) is 11.1 Å². The number of benzene rings is 1. The minimum atomic E-state index is 0.0118. The topological polar surface area (TPSA) is 50.9 Å². The number of aromatic nitrogens is 1. The Morgan fingerprint density at radius 2 is 2.19 bits per heavy atom. The van der Waals surface area contributed by atoms with Crippen LogP contribution >= 0.6 is 0 Å². The Labute approximate surface area is 127 Å². The minimum absolute atomic E-state index is 0.0118. The van der Waals surface area contributed by atoms with Crippen LogP contribution in [0.5, 0.6) is 0 Å². The quantitative estimate of drug-likeness (QED) is 0.899. The van der Waals surface area contributed by atoms with Crippen LogP contribution in [-0.2, 0) is 0 Å². The standard InChI is InChI=1S/C18H25N3/c1-13-6-5-9-18(11-13,12-19)21-17-14(2)10-15-7-3-4-8-16(15)20-17/h3-4,7-8,10,13H,5-6,9,11-12,19H2,1-2H3,(H,20,21). The first-order valence-electron chi connectivity index (χ1n) is 7.96. The third kappa shape index (κ3) is 2.88. The molecule has 0 bridgehead atoms. The molecule has 3 heteroatoms. The van der Waals surface area contributed by atoms with Gasteiger partial charge in [-0.15, -0.1) is 0 Å². The molecule has 21 heavy (non-hydrogen) atoms. The maximum Gasteiger partial charge on any atom is 0.130 e. The number of rotatable bonds is 3. The van der Waals surface area contributed by atoms with Gasteiger partial charge in [0.2, 0.25) is 0 Å². The first-order chi connectivity index (χ1) is 10.1. The largest absolute Gasteiger partial charge is 0.363 e. The Bertz CT molecular complexity index is 637. The summed E-state index contributed by atoms with van der Waals surface area (Å²) in [4.78, 5) is 4.82. The first-order valence-corrected chi connectivity index (χ1v) is 7.96. The van der Waals surface area contributed by atoms with Crippen LogP contribution in [0.2, 0.25) is 0 Å². The summed E-state index contributed by atoms with van der Waals surface area (Å²) in [6, 6.07) is 10.5. The van der Waals surface area contributed by atoms with E-state index in [0.29, 0.717) is 6.54 Å². The Kier molecular flexibility index (Phi) is 3.85. The lowest BCUT2D eigenvalue weighted by Crippen LogP contribution is -2.49. The van der Waals surface area contributed by atoms with Gasteiger partial charge in [0.15, 0.2) is 0 Å². The fraction of sp³-hybridized carbons (Fsp3) is 0.500. The summed E-state index contributed by atoms with van der Waals surface area (Å²) < 4.78 is 0. The maximum atomic E-state index is 6.12. The second-order valence-electron chi connectivity index (χ2n) is 6.66. The fourth-order valence-electron chi connectivity index (χ4n) is 3.61. The van der Waals surface area contributed by atoms with Crippen molar-refractivity contribution < 1.29 is 0 Å². The van der Waals surface area contributed by atoms with Crippen molar-refractivity contribution in [2.24, 2.45) is 11.7 Å². The lowest BCUT2D eigenvalue weighted by Gasteiger charge is -2.40. The zero-order valence-electron chi connectivity index (χ0n) is 13.0. The van der Waals surface area contributed by atoms with Crippen LogP contribution in [0.15, 0.2) is 30.3 Å². The SMILES string of the molecule is Cc1cc2ccccc2nc1NC1(CN)CCCC(C)C1. The molecule has 1 fully saturated rings. The molecule has 0 spiro atoms. The number of para-hydroxylation sites is 1. The van der Waals surface area contributed by atoms with Crippen molar-refractivity contribution in [1.82, 2.24) is 4.98 Å². The van der Waals surface area contributed by atoms with Gasteiger partial charge in [0.1, 0.15) is 5.82 Å². The third-order valence-corrected chi connectivity index (χ3v) is 4.78. The van der Waals surface area contributed by atoms with E-state index in [0.717, 1.165) is 30.1 Å². The second-order valence-corrected chi connectivity index (χ2v) is 6.66. The maximum absolute atomic E-state index is 6.12. The smallest absolute Gasteiger partial charge is 0.130 e. The molecule has 3 rings (SSSR count). The van der Waals surface area contributed by atoms with E-state index in [-0.39, 0.29) is 5.54 Å². The molecule has 1 saturated carbocycles. The van der Waals surface area contributed by atoms with Gasteiger partial charge in [-0.2, -0.15) is 0 Å². The number of aryl methyl sites for hydroxylation is 1. The van der Waals surface area contributed by atoms with E-state index in [2.05, 4.69) is 43.4 Å². The Balaban J connectivity index is 1.94. The predicted octanol–water partition coefficient (Wildman–Crippen LogP) is 3.86. The van der Waals surface area contributed by atoms with E-state index in [1.54, 1.807) is 0 Å². The zero-order chi connectivity index (χ0) is 14.9. The van der Waals surface area contributed by atoms with Crippen molar-refractivity contribution in [3.63, 3.8) is 0 Å². The highest BCUT2D eigenvalue weighted by Gasteiger charge is 2.34. The van der Waals surface area contributed by atoms with Crippen LogP contribution in [0.1, 0.15) is 38.2 Å². The number of nitrogens with one attached hydrogen (secondary N) is 1. The highest BCUT2D eigenvalue weighted by Crippen LogP contribution is 2.35. The molecule has 2 aromatic rings. The summed E-state index contributed by atoms with van der Waals surface area (Å²) in [6.07, 6.45) is 4.84. The van der Waals surface area contributed by atoms with Crippen LogP contribution in [0.3, 0.4) is 0 Å². The molecule has 0 radical (unpaired) electrons. The van der Waals surface area contributed by atoms with Gasteiger partial charge >= 0.3 is 0 Å². The summed E-state index contributed by atoms with van der Waals surface area (Å²) in [5, 5.41) is 4.89. The Morgan fingerprint density at radius 3 is 2.95 bits per heavy atom. The van der Waals surface area contributed by atoms with Crippen molar-refractivity contribution in [3.05, 3.63) is 35.9 Å². The number of hydrogen-bond acceptors (Lipinski definition) is 3. The minimum Gasteiger partial charge on any atom is -0.363 e. The van der Waals surface area contributed by atoms with Gasteiger partial charge in [0, 0.05) is 11.9 Å². The van der Waals surface area contributed by atoms with Gasteiger partial charge in [0.25, 0.3) is 0 Å². The molecule has 1 heterocycles. The molecule has 2 atom stereocenters. The van der Waals surface area contributed by atoms with Gasteiger partial charge in [-0.05, 0) is 43.4 Å². The molecule has 3 N–H and O–H groups in total. The van der Waals surface area contributed by atoms with Crippen LogP contribution in [0.25, 0.3) is 10.9 Å². The van der Waals surface area contributed by atoms with E-state index < -0.39 is 0 Å². The number of nitrogens with zero attached hydrogens (tertiary/aromatic N) is 1. The van der Waals surface area contributed by atoms with Gasteiger partial charge in [-0.25, -0.2) is 4.98 Å². The van der Waals surface area contributed by atoms with Crippen LogP contribution < -0.4 is 11.1 Å². The second kappa shape index (κ2) is 5.64. The number of anilines is 1. The molecule has 0 amide bonds. The number of hydrogen-bond donors (Lipinski definition) is 2. The molecule has 1 aliphatic rings. The van der Waals surface area contributed by atoms with Crippen molar-refractivity contribution in [1.29, 1.82) is 0 Å². The third-order valence-electron chi connectivity index (χ3n) is 4.78. The molecule has 0 saturated heterocycles. The highest BCUT2D eigenvalue weighted by atomic mass is 15.1. The molecule has 3 nitrogen and oxygen atoms in total. The molecule has 0 aliphatic heterocycles. The lowest BCUT2D eigenvalue weighted by atomic mass is 9.76. The monoisotopic (exact) mass is 283 g/mol. The molecule has 1 aromatic heterocycles. The first kappa shape index (κ1) is 14.3. The van der Waals surface area contributed by atoms with E-state index in [1.165, 1.54) is 23.8 Å². The van der Waals surface area contributed by atoms with Crippen molar-refractivity contribution in [3.8, 4) is 0 Å². The highest BCUT2D eigenvalue weighted by molar-refractivity contribution is 5.81. The average molecular weight is 283 g/mol. The molecule has 1 aliphatic carbocycles. The summed E-state index contributed by atoms with van der Waals surface area (Å²) in [5.41, 5.74) is 8.37. The molecular weight excluding hydrogens is 258 g/mol. The van der Waals surface area contributed by atoms with E-state index >= 15 is 0 Å². The molecular formula is C18H25N3. The van der Waals surface area contributed by atoms with Gasteiger partial charge in [-0.1, -0.05) is 38.0 Å². The van der Waals surface area contributed by atoms with Crippen LogP contribution in [-0.4, -0.2) is 17.1 Å². The van der Waals surface area contributed by atoms with Crippen molar-refractivity contribution in [2.45, 2.75) is 45.1 Å². The van der Waals surface area contributed by atoms with Gasteiger partial charge in [-0.3, -0.25) is 0 Å². The Hall–Kier alpha value is -1.61. The number of pyridine rings is 1. The Morgan fingerprint density at radius 1 is 1.38 bits per heavy atom. The van der Waals surface area contributed by atoms with Crippen molar-refractivity contribution in [2.75, 3.05) is 11.9 Å². The van der Waals surface area contributed by atoms with Gasteiger partial charge < -0.3 is 11.1 Å². The van der Waals surface area contributed by atoms with E-state index in [4.69, 9.17) is 10.7 Å². The fourth-order valence-corrected chi connectivity index (χ4v) is 3.61. The van der Waals surface area contributed by atoms with Crippen LogP contribution in [0.4, 0.5) is 5.82 Å². The summed E-state index contributed by atoms with van der Waals surface area (Å²) in [6.45, 7) is 5.12. The van der Waals surface area contributed by atoms with Crippen LogP contribution in [0, 0.1) is 12.8 Å². The number of nitrogens with two attached hydrogens (primary N) is 1. The summed E-state index contributed by atoms with van der Waals surface area (Å²) >= 11 is 0.